The van der Waals surface area contributed by atoms with E-state index in [1.54, 1.807) is 55.7 Å². The van der Waals surface area contributed by atoms with Gasteiger partial charge < -0.3 is 21.9 Å². The van der Waals surface area contributed by atoms with E-state index in [0.29, 0.717) is 34.0 Å². The van der Waals surface area contributed by atoms with Gasteiger partial charge in [0.05, 0.1) is 38.8 Å². The van der Waals surface area contributed by atoms with E-state index >= 15 is 0 Å². The van der Waals surface area contributed by atoms with Crippen LogP contribution in [0.25, 0.3) is 28.1 Å². The molecule has 11 nitrogen and oxygen atoms in total. The van der Waals surface area contributed by atoms with Crippen molar-refractivity contribution in [1.29, 1.82) is 0 Å². The highest BCUT2D eigenvalue weighted by molar-refractivity contribution is 7.95. The van der Waals surface area contributed by atoms with Gasteiger partial charge in [0.15, 0.2) is 23.9 Å². The summed E-state index contributed by atoms with van der Waals surface area (Å²) in [5, 5.41) is 5.66. The largest absolute Gasteiger partial charge is 1.00 e. The van der Waals surface area contributed by atoms with E-state index in [-0.39, 0.29) is 44.1 Å². The van der Waals surface area contributed by atoms with Crippen molar-refractivity contribution < 1.29 is 43.5 Å². The molecule has 0 saturated heterocycles. The number of carbonyl (C=O) groups is 1. The minimum absolute atomic E-state index is 0. The Morgan fingerprint density at radius 3 is 1.30 bits per heavy atom. The second-order valence-electron chi connectivity index (χ2n) is 15.3. The average molecular weight is 1040 g/mol. The third kappa shape index (κ3) is 11.0. The first-order valence-corrected chi connectivity index (χ1v) is 26.5. The summed E-state index contributed by atoms with van der Waals surface area (Å²) in [4.78, 5) is 19.5. The number of rotatable bonds is 12. The Bertz CT molecular complexity index is 3340. The number of methoxy groups -OCH3 is 2. The number of aryl methyl sites for hydroxylation is 2. The van der Waals surface area contributed by atoms with Crippen LogP contribution in [-0.2, 0) is 29.5 Å². The molecule has 9 rings (SSSR count). The summed E-state index contributed by atoms with van der Waals surface area (Å²) >= 11 is 12.4. The SMILES string of the molecule is COC=Cc1cnc2c(ccn2S(=O)(=O)c2ccc(C)cc2)c1Cl.COC[P+](c1ccccc1)(c1ccccc1)c1ccccc1.Cc1ccc(S(=O)(=O)n2ccc3c(Cl)c(C=O)cnc32)cc1.[Cl-]. The Labute approximate surface area is 418 Å². The molecule has 0 radical (unpaired) electrons. The number of hydrogen-bond acceptors (Lipinski definition) is 9. The fourth-order valence-corrected chi connectivity index (χ4v) is 14.3. The van der Waals surface area contributed by atoms with Crippen LogP contribution in [0.3, 0.4) is 0 Å². The fraction of sp³-hybridized carbons (Fsp3) is 0.0962. The van der Waals surface area contributed by atoms with Gasteiger partial charge in [0.2, 0.25) is 0 Å². The van der Waals surface area contributed by atoms with E-state index in [4.69, 9.17) is 32.7 Å². The standard InChI is InChI=1S/C20H20OP.C17H15ClN2O3S.C15H11ClN2O3S.ClH/c1-21-17-22(18-11-5-2-6-12-18,19-13-7-3-8-14-19)20-15-9-4-10-16-20;1-12-3-5-14(6-4-12)24(21,22)20-9-7-15-16(18)13(8-10-23-2)11-19-17(15)20;1-10-2-4-12(5-3-10)22(20,21)18-7-6-13-14(16)11(9-19)8-17-15(13)18;/h2-16H,17H2,1H3;3-11H,1-2H3;2-9H,1H3;1H/q+1;;;/p-1. The first-order chi connectivity index (χ1) is 32.8. The maximum absolute atomic E-state index is 12.8. The van der Waals surface area contributed by atoms with Crippen LogP contribution in [0.5, 0.6) is 0 Å². The lowest BCUT2D eigenvalue weighted by Gasteiger charge is -2.26. The number of carbonyl (C=O) groups excluding carboxylic acids is 1. The number of nitrogens with zero attached hydrogens (tertiary/aromatic N) is 4. The number of benzene rings is 5. The van der Waals surface area contributed by atoms with Crippen molar-refractivity contribution in [2.45, 2.75) is 23.6 Å². The lowest BCUT2D eigenvalue weighted by molar-refractivity contribution is -0.0000250. The summed E-state index contributed by atoms with van der Waals surface area (Å²) < 4.78 is 63.9. The van der Waals surface area contributed by atoms with Gasteiger partial charge in [-0.1, -0.05) is 113 Å². The monoisotopic (exact) mass is 1040 g/mol. The minimum Gasteiger partial charge on any atom is -1.00 e. The molecule has 0 fully saturated rings. The molecule has 4 aromatic heterocycles. The fourth-order valence-electron chi connectivity index (χ4n) is 7.38. The molecule has 0 spiro atoms. The van der Waals surface area contributed by atoms with Crippen LogP contribution in [0, 0.1) is 13.8 Å². The van der Waals surface area contributed by atoms with Crippen molar-refractivity contribution in [3.63, 3.8) is 0 Å². The normalized spacial score (nSPS) is 11.6. The molecule has 4 heterocycles. The summed E-state index contributed by atoms with van der Waals surface area (Å²) in [6, 6.07) is 48.7. The van der Waals surface area contributed by atoms with Crippen LogP contribution in [-0.4, -0.2) is 61.6 Å². The molecule has 9 aromatic rings. The number of aldehydes is 1. The van der Waals surface area contributed by atoms with E-state index in [2.05, 4.69) is 101 Å². The summed E-state index contributed by atoms with van der Waals surface area (Å²) in [7, 11) is -5.95. The van der Waals surface area contributed by atoms with Gasteiger partial charge in [0, 0.05) is 48.2 Å². The van der Waals surface area contributed by atoms with Gasteiger partial charge in [0.25, 0.3) is 20.0 Å². The lowest BCUT2D eigenvalue weighted by atomic mass is 10.2. The van der Waals surface area contributed by atoms with Crippen molar-refractivity contribution >= 4 is 101 Å². The molecule has 354 valence electrons. The van der Waals surface area contributed by atoms with Gasteiger partial charge in [0.1, 0.15) is 23.2 Å². The van der Waals surface area contributed by atoms with Crippen molar-refractivity contribution in [3.05, 3.63) is 215 Å². The predicted octanol–water partition coefficient (Wildman–Crippen LogP) is 7.49. The average Bonchev–Trinajstić information content (AvgIpc) is 4.02. The molecule has 0 atom stereocenters. The van der Waals surface area contributed by atoms with Crippen LogP contribution < -0.4 is 28.3 Å². The van der Waals surface area contributed by atoms with Gasteiger partial charge in [-0.15, -0.1) is 0 Å². The summed E-state index contributed by atoms with van der Waals surface area (Å²) in [6.45, 7) is 3.78. The molecule has 5 aromatic carbocycles. The Hall–Kier alpha value is -6.15. The van der Waals surface area contributed by atoms with E-state index in [0.717, 1.165) is 19.1 Å². The van der Waals surface area contributed by atoms with E-state index < -0.39 is 27.3 Å². The quantitative estimate of drug-likeness (QED) is 0.0693. The number of hydrogen-bond donors (Lipinski definition) is 0. The number of halogens is 3. The summed E-state index contributed by atoms with van der Waals surface area (Å²) in [5.41, 5.74) is 3.30. The van der Waals surface area contributed by atoms with E-state index in [1.165, 1.54) is 72.3 Å². The zero-order valence-corrected chi connectivity index (χ0v) is 42.5. The van der Waals surface area contributed by atoms with Crippen molar-refractivity contribution in [2.24, 2.45) is 0 Å². The number of ether oxygens (including phenoxy) is 2. The van der Waals surface area contributed by atoms with Crippen LogP contribution in [0.15, 0.2) is 192 Å². The second-order valence-corrected chi connectivity index (χ2v) is 23.1. The Kier molecular flexibility index (Phi) is 17.4. The molecule has 17 heteroatoms. The smallest absolute Gasteiger partial charge is 0.269 e. The Morgan fingerprint density at radius 2 is 0.942 bits per heavy atom. The van der Waals surface area contributed by atoms with Crippen molar-refractivity contribution in [3.8, 4) is 0 Å². The number of fused-ring (bicyclic) bond motifs is 2. The molecule has 0 N–H and O–H groups in total. The Morgan fingerprint density at radius 1 is 0.565 bits per heavy atom. The highest BCUT2D eigenvalue weighted by Crippen LogP contribution is 2.55. The molecule has 0 saturated carbocycles. The first kappa shape index (κ1) is 52.2. The maximum atomic E-state index is 12.8. The molecule has 0 bridgehead atoms. The number of pyridine rings is 2. The lowest BCUT2D eigenvalue weighted by Crippen LogP contribution is -3.00. The molecule has 0 aliphatic carbocycles. The Balaban J connectivity index is 0.000000169. The third-order valence-electron chi connectivity index (χ3n) is 10.9. The highest BCUT2D eigenvalue weighted by Gasteiger charge is 2.45. The summed E-state index contributed by atoms with van der Waals surface area (Å²) in [5.74, 6) is 0. The van der Waals surface area contributed by atoms with Crippen LogP contribution >= 0.6 is 30.5 Å². The van der Waals surface area contributed by atoms with E-state index in [1.807, 2.05) is 13.8 Å². The first-order valence-electron chi connectivity index (χ1n) is 20.9. The zero-order chi connectivity index (χ0) is 48.5. The van der Waals surface area contributed by atoms with Crippen LogP contribution in [0.4, 0.5) is 0 Å². The molecule has 0 aliphatic rings. The van der Waals surface area contributed by atoms with Gasteiger partial charge in [-0.3, -0.25) is 4.79 Å². The van der Waals surface area contributed by atoms with Crippen LogP contribution in [0.2, 0.25) is 10.0 Å². The molecule has 0 unspecified atom stereocenters. The molecule has 0 aliphatic heterocycles. The summed E-state index contributed by atoms with van der Waals surface area (Å²) in [6.07, 6.45) is 10.1. The molecular weight excluding hydrogens is 994 g/mol. The van der Waals surface area contributed by atoms with Crippen molar-refractivity contribution in [2.75, 3.05) is 20.6 Å². The van der Waals surface area contributed by atoms with Gasteiger partial charge in [-0.05, 0) is 92.7 Å². The highest BCUT2D eigenvalue weighted by atomic mass is 35.5. The second kappa shape index (κ2) is 23.0. The minimum atomic E-state index is -3.77. The van der Waals surface area contributed by atoms with Gasteiger partial charge in [-0.2, -0.15) is 0 Å². The molecular formula is C52H46Cl3N4O7PS2. The predicted molar refractivity (Wildman–Crippen MR) is 275 cm³/mol. The third-order valence-corrected chi connectivity index (χ3v) is 19.3. The maximum Gasteiger partial charge on any atom is 0.269 e. The zero-order valence-electron chi connectivity index (χ0n) is 37.7. The van der Waals surface area contributed by atoms with E-state index in [9.17, 15) is 21.6 Å². The number of aromatic nitrogens is 4. The van der Waals surface area contributed by atoms with Gasteiger partial charge in [-0.25, -0.2) is 34.7 Å². The molecule has 0 amide bonds. The van der Waals surface area contributed by atoms with Gasteiger partial charge >= 0.3 is 0 Å². The van der Waals surface area contributed by atoms with Crippen LogP contribution in [0.1, 0.15) is 27.0 Å². The molecule has 69 heavy (non-hydrogen) atoms. The topological polar surface area (TPSA) is 139 Å². The van der Waals surface area contributed by atoms with Crippen molar-refractivity contribution in [1.82, 2.24) is 17.9 Å².